The number of aliphatic imine (C=N–C) groups is 1. The molecule has 0 amide bonds. The molecule has 1 rings (SSSR count). The summed E-state index contributed by atoms with van der Waals surface area (Å²) in [6, 6.07) is 9.75. The molecule has 0 aliphatic heterocycles. The van der Waals surface area contributed by atoms with Crippen molar-refractivity contribution in [1.82, 2.24) is 15.2 Å². The van der Waals surface area contributed by atoms with E-state index < -0.39 is 0 Å². The summed E-state index contributed by atoms with van der Waals surface area (Å²) < 4.78 is 0. The van der Waals surface area contributed by atoms with Crippen LogP contribution < -0.4 is 11.3 Å². The van der Waals surface area contributed by atoms with Gasteiger partial charge in [0, 0.05) is 20.1 Å². The van der Waals surface area contributed by atoms with Crippen LogP contribution >= 0.6 is 0 Å². The van der Waals surface area contributed by atoms with Gasteiger partial charge in [0.15, 0.2) is 0 Å². The summed E-state index contributed by atoms with van der Waals surface area (Å²) in [5.74, 6) is 6.16. The molecule has 0 aromatic heterocycles. The molecule has 3 N–H and O–H groups in total. The highest BCUT2D eigenvalue weighted by Crippen LogP contribution is 2.09. The van der Waals surface area contributed by atoms with Crippen molar-refractivity contribution in [2.75, 3.05) is 34.2 Å². The number of hydrogen-bond donors (Lipinski definition) is 2. The highest BCUT2D eigenvalue weighted by Gasteiger charge is 2.05. The monoisotopic (exact) mass is 235 g/mol. The zero-order valence-corrected chi connectivity index (χ0v) is 10.7. The summed E-state index contributed by atoms with van der Waals surface area (Å²) in [5.41, 5.74) is 3.52. The van der Waals surface area contributed by atoms with Crippen LogP contribution in [-0.2, 0) is 0 Å². The molecule has 0 saturated heterocycles. The molecule has 5 heteroatoms. The number of guanidine groups is 1. The molecule has 0 saturated carbocycles. The minimum absolute atomic E-state index is 0.665. The van der Waals surface area contributed by atoms with Crippen molar-refractivity contribution in [2.45, 2.75) is 0 Å². The van der Waals surface area contributed by atoms with Gasteiger partial charge in [-0.2, -0.15) is 0 Å². The summed E-state index contributed by atoms with van der Waals surface area (Å²) in [5, 5.41) is 0. The SMILES string of the molecule is CN(C)CCN(C)C(=Nc1ccccc1)NN. The maximum atomic E-state index is 5.49. The lowest BCUT2D eigenvalue weighted by Crippen LogP contribution is -2.44. The van der Waals surface area contributed by atoms with E-state index in [-0.39, 0.29) is 0 Å². The standard InChI is InChI=1S/C12H21N5/c1-16(2)9-10-17(3)12(15-13)14-11-7-5-4-6-8-11/h4-8H,9-10,13H2,1-3H3,(H,14,15). The maximum absolute atomic E-state index is 5.49. The second kappa shape index (κ2) is 6.88. The molecule has 0 fully saturated rings. The lowest BCUT2D eigenvalue weighted by atomic mass is 10.3. The molecular weight excluding hydrogens is 214 g/mol. The Hall–Kier alpha value is -1.59. The molecule has 0 aliphatic rings. The normalized spacial score (nSPS) is 11.7. The summed E-state index contributed by atoms with van der Waals surface area (Å²) in [6.07, 6.45) is 0. The zero-order chi connectivity index (χ0) is 12.7. The molecule has 0 atom stereocenters. The quantitative estimate of drug-likeness (QED) is 0.348. The number of likely N-dealkylation sites (N-methyl/N-ethyl adjacent to an activating group) is 2. The van der Waals surface area contributed by atoms with Crippen molar-refractivity contribution in [2.24, 2.45) is 10.8 Å². The van der Waals surface area contributed by atoms with E-state index in [4.69, 9.17) is 5.84 Å². The van der Waals surface area contributed by atoms with Crippen LogP contribution in [0.25, 0.3) is 0 Å². The molecule has 0 spiro atoms. The third kappa shape index (κ3) is 4.84. The Kier molecular flexibility index (Phi) is 5.45. The molecule has 17 heavy (non-hydrogen) atoms. The average Bonchev–Trinajstić information content (AvgIpc) is 2.34. The fourth-order valence-electron chi connectivity index (χ4n) is 1.31. The van der Waals surface area contributed by atoms with Crippen LogP contribution in [-0.4, -0.2) is 50.0 Å². The second-order valence-corrected chi connectivity index (χ2v) is 4.14. The maximum Gasteiger partial charge on any atom is 0.213 e. The number of nitrogens with one attached hydrogen (secondary N) is 1. The van der Waals surface area contributed by atoms with Gasteiger partial charge in [-0.3, -0.25) is 5.43 Å². The predicted octanol–water partition coefficient (Wildman–Crippen LogP) is 0.631. The Morgan fingerprint density at radius 2 is 1.82 bits per heavy atom. The third-order valence-electron chi connectivity index (χ3n) is 2.36. The van der Waals surface area contributed by atoms with Crippen LogP contribution in [0.15, 0.2) is 35.3 Å². The van der Waals surface area contributed by atoms with Gasteiger partial charge in [-0.05, 0) is 26.2 Å². The Balaban J connectivity index is 2.67. The average molecular weight is 235 g/mol. The van der Waals surface area contributed by atoms with Gasteiger partial charge in [-0.25, -0.2) is 10.8 Å². The highest BCUT2D eigenvalue weighted by atomic mass is 15.4. The van der Waals surface area contributed by atoms with Crippen LogP contribution in [0, 0.1) is 0 Å². The van der Waals surface area contributed by atoms with Crippen molar-refractivity contribution in [3.05, 3.63) is 30.3 Å². The van der Waals surface area contributed by atoms with Crippen LogP contribution in [0.1, 0.15) is 0 Å². The summed E-state index contributed by atoms with van der Waals surface area (Å²) >= 11 is 0. The second-order valence-electron chi connectivity index (χ2n) is 4.14. The van der Waals surface area contributed by atoms with E-state index >= 15 is 0 Å². The smallest absolute Gasteiger partial charge is 0.213 e. The number of hydrazine groups is 1. The van der Waals surface area contributed by atoms with Crippen molar-refractivity contribution >= 4 is 11.6 Å². The first-order valence-electron chi connectivity index (χ1n) is 5.59. The lowest BCUT2D eigenvalue weighted by molar-refractivity contribution is 0.352. The molecule has 0 bridgehead atoms. The van der Waals surface area contributed by atoms with E-state index in [1.807, 2.05) is 56.4 Å². The van der Waals surface area contributed by atoms with E-state index in [1.165, 1.54) is 0 Å². The molecule has 5 nitrogen and oxygen atoms in total. The molecule has 1 aromatic rings. The van der Waals surface area contributed by atoms with Gasteiger partial charge >= 0.3 is 0 Å². The van der Waals surface area contributed by atoms with E-state index in [0.717, 1.165) is 18.8 Å². The fraction of sp³-hybridized carbons (Fsp3) is 0.417. The number of benzene rings is 1. The number of nitrogens with zero attached hydrogens (tertiary/aromatic N) is 3. The first-order chi connectivity index (χ1) is 8.13. The molecule has 0 heterocycles. The number of para-hydroxylation sites is 1. The first kappa shape index (κ1) is 13.5. The first-order valence-corrected chi connectivity index (χ1v) is 5.59. The highest BCUT2D eigenvalue weighted by molar-refractivity contribution is 5.81. The van der Waals surface area contributed by atoms with Gasteiger partial charge in [0.25, 0.3) is 0 Å². The molecule has 0 aliphatic carbocycles. The minimum atomic E-state index is 0.665. The number of nitrogens with two attached hydrogens (primary N) is 1. The van der Waals surface area contributed by atoms with Crippen LogP contribution in [0.3, 0.4) is 0 Å². The van der Waals surface area contributed by atoms with E-state index in [1.54, 1.807) is 0 Å². The Morgan fingerprint density at radius 1 is 1.18 bits per heavy atom. The molecule has 0 unspecified atom stereocenters. The van der Waals surface area contributed by atoms with E-state index in [2.05, 4.69) is 15.3 Å². The minimum Gasteiger partial charge on any atom is -0.343 e. The van der Waals surface area contributed by atoms with Gasteiger partial charge in [0.2, 0.25) is 5.96 Å². The predicted molar refractivity (Wildman–Crippen MR) is 72.0 cm³/mol. The third-order valence-corrected chi connectivity index (χ3v) is 2.36. The molecular formula is C12H21N5. The van der Waals surface area contributed by atoms with Crippen LogP contribution in [0.4, 0.5) is 5.69 Å². The van der Waals surface area contributed by atoms with Gasteiger partial charge in [-0.1, -0.05) is 18.2 Å². The molecule has 94 valence electrons. The van der Waals surface area contributed by atoms with Crippen molar-refractivity contribution in [3.8, 4) is 0 Å². The Bertz CT molecular complexity index is 347. The van der Waals surface area contributed by atoms with Gasteiger partial charge in [0.05, 0.1) is 5.69 Å². The zero-order valence-electron chi connectivity index (χ0n) is 10.7. The van der Waals surface area contributed by atoms with Crippen LogP contribution in [0.5, 0.6) is 0 Å². The molecule has 1 aromatic carbocycles. The number of rotatable bonds is 4. The Morgan fingerprint density at radius 3 is 2.35 bits per heavy atom. The fourth-order valence-corrected chi connectivity index (χ4v) is 1.31. The summed E-state index contributed by atoms with van der Waals surface area (Å²) in [4.78, 5) is 8.55. The Labute approximate surface area is 103 Å². The van der Waals surface area contributed by atoms with Crippen molar-refractivity contribution in [1.29, 1.82) is 0 Å². The van der Waals surface area contributed by atoms with Crippen molar-refractivity contribution in [3.63, 3.8) is 0 Å². The largest absolute Gasteiger partial charge is 0.343 e. The summed E-state index contributed by atoms with van der Waals surface area (Å²) in [6.45, 7) is 1.81. The van der Waals surface area contributed by atoms with Gasteiger partial charge in [0.1, 0.15) is 0 Å². The molecule has 0 radical (unpaired) electrons. The van der Waals surface area contributed by atoms with E-state index in [0.29, 0.717) is 5.96 Å². The topological polar surface area (TPSA) is 56.9 Å². The van der Waals surface area contributed by atoms with E-state index in [9.17, 15) is 0 Å². The lowest BCUT2D eigenvalue weighted by Gasteiger charge is -2.22. The summed E-state index contributed by atoms with van der Waals surface area (Å²) in [7, 11) is 6.04. The van der Waals surface area contributed by atoms with Gasteiger partial charge < -0.3 is 9.80 Å². The van der Waals surface area contributed by atoms with Gasteiger partial charge in [-0.15, -0.1) is 0 Å². The van der Waals surface area contributed by atoms with Crippen molar-refractivity contribution < 1.29 is 0 Å². The number of hydrogen-bond acceptors (Lipinski definition) is 3. The van der Waals surface area contributed by atoms with Crippen LogP contribution in [0.2, 0.25) is 0 Å².